The highest BCUT2D eigenvalue weighted by Crippen LogP contribution is 2.57. The molecule has 6 aromatic carbocycles. The van der Waals surface area contributed by atoms with E-state index in [1.165, 1.54) is 107 Å². The quantitative estimate of drug-likeness (QED) is 0.153. The summed E-state index contributed by atoms with van der Waals surface area (Å²) < 4.78 is 0. The highest BCUT2D eigenvalue weighted by molar-refractivity contribution is 7.80. The molecule has 6 aromatic rings. The van der Waals surface area contributed by atoms with E-state index in [-0.39, 0.29) is 7.92 Å². The summed E-state index contributed by atoms with van der Waals surface area (Å²) >= 11 is 0. The molecule has 2 aliphatic carbocycles. The van der Waals surface area contributed by atoms with Crippen LogP contribution in [0.4, 0.5) is 0 Å². The van der Waals surface area contributed by atoms with Gasteiger partial charge in [-0.15, -0.1) is 0 Å². The fourth-order valence-electron chi connectivity index (χ4n) is 8.44. The second-order valence-corrected chi connectivity index (χ2v) is 18.3. The number of hydrogen-bond donors (Lipinski definition) is 0. The number of fused-ring (bicyclic) bond motifs is 2. The zero-order valence-electron chi connectivity index (χ0n) is 26.8. The van der Waals surface area contributed by atoms with Gasteiger partial charge in [0.15, 0.2) is 0 Å². The number of rotatable bonds is 7. The summed E-state index contributed by atoms with van der Waals surface area (Å²) in [6.07, 6.45) is 14.1. The van der Waals surface area contributed by atoms with Crippen LogP contribution in [0, 0.1) is 0 Å². The lowest BCUT2D eigenvalue weighted by Gasteiger charge is -2.40. The van der Waals surface area contributed by atoms with E-state index in [9.17, 15) is 0 Å². The Bertz CT molecular complexity index is 1860. The van der Waals surface area contributed by atoms with Gasteiger partial charge in [0.05, 0.1) is 0 Å². The lowest BCUT2D eigenvalue weighted by Crippen LogP contribution is -2.28. The maximum Gasteiger partial charge on any atom is -0.000906 e. The van der Waals surface area contributed by atoms with Gasteiger partial charge < -0.3 is 0 Å². The Morgan fingerprint density at radius 1 is 0.370 bits per heavy atom. The fraction of sp³-hybridized carbons (Fsp3) is 0.273. The van der Waals surface area contributed by atoms with E-state index >= 15 is 0 Å². The second kappa shape index (κ2) is 13.8. The van der Waals surface area contributed by atoms with Crippen LogP contribution < -0.4 is 21.2 Å². The third kappa shape index (κ3) is 5.85. The smallest absolute Gasteiger partial charge is 0.000906 e. The first kappa shape index (κ1) is 30.1. The molecular weight excluding hydrogens is 590 g/mol. The van der Waals surface area contributed by atoms with Crippen molar-refractivity contribution in [2.45, 2.75) is 75.5 Å². The Morgan fingerprint density at radius 3 is 1.28 bits per heavy atom. The molecule has 0 N–H and O–H groups in total. The molecule has 0 unspecified atom stereocenters. The topological polar surface area (TPSA) is 0 Å². The summed E-state index contributed by atoms with van der Waals surface area (Å²) in [5.74, 6) is 0. The van der Waals surface area contributed by atoms with Crippen molar-refractivity contribution in [3.63, 3.8) is 0 Å². The van der Waals surface area contributed by atoms with E-state index < -0.39 is 7.92 Å². The zero-order valence-corrected chi connectivity index (χ0v) is 28.6. The molecule has 46 heavy (non-hydrogen) atoms. The van der Waals surface area contributed by atoms with E-state index in [2.05, 4.69) is 133 Å². The first-order valence-corrected chi connectivity index (χ1v) is 20.4. The van der Waals surface area contributed by atoms with Gasteiger partial charge in [0.2, 0.25) is 0 Å². The molecule has 0 saturated heterocycles. The fourth-order valence-corrected chi connectivity index (χ4v) is 14.9. The van der Waals surface area contributed by atoms with Gasteiger partial charge in [0.25, 0.3) is 0 Å². The zero-order chi connectivity index (χ0) is 30.7. The molecule has 2 fully saturated rings. The average molecular weight is 635 g/mol. The molecule has 0 spiro atoms. The summed E-state index contributed by atoms with van der Waals surface area (Å²) in [6.45, 7) is 0. The molecule has 0 nitrogen and oxygen atoms in total. The van der Waals surface area contributed by atoms with Crippen LogP contribution in [-0.4, -0.2) is 11.3 Å². The Labute approximate surface area is 277 Å². The van der Waals surface area contributed by atoms with Crippen LogP contribution in [0.3, 0.4) is 0 Å². The lowest BCUT2D eigenvalue weighted by molar-refractivity contribution is 0.487. The third-order valence-corrected chi connectivity index (χ3v) is 16.6. The molecule has 0 aromatic heterocycles. The van der Waals surface area contributed by atoms with E-state index in [1.807, 2.05) is 0 Å². The van der Waals surface area contributed by atoms with Crippen LogP contribution in [-0.2, 0) is 0 Å². The van der Waals surface area contributed by atoms with Crippen molar-refractivity contribution in [3.05, 3.63) is 133 Å². The van der Waals surface area contributed by atoms with Gasteiger partial charge >= 0.3 is 0 Å². The maximum atomic E-state index is 2.62. The molecule has 0 atom stereocenters. The normalized spacial score (nSPS) is 16.5. The molecule has 8 rings (SSSR count). The van der Waals surface area contributed by atoms with Crippen molar-refractivity contribution in [2.24, 2.45) is 0 Å². The number of hydrogen-bond acceptors (Lipinski definition) is 0. The Morgan fingerprint density at radius 2 is 0.783 bits per heavy atom. The molecule has 0 bridgehead atoms. The Kier molecular flexibility index (Phi) is 9.03. The minimum absolute atomic E-state index is 0.298. The Balaban J connectivity index is 1.46. The van der Waals surface area contributed by atoms with E-state index in [4.69, 9.17) is 0 Å². The van der Waals surface area contributed by atoms with Crippen molar-refractivity contribution in [1.29, 1.82) is 0 Å². The molecule has 2 heteroatoms. The second-order valence-electron chi connectivity index (χ2n) is 13.4. The van der Waals surface area contributed by atoms with Crippen molar-refractivity contribution in [3.8, 4) is 11.1 Å². The first-order valence-electron chi connectivity index (χ1n) is 17.6. The summed E-state index contributed by atoms with van der Waals surface area (Å²) in [6, 6.07) is 51.1. The standard InChI is InChI=1S/C44H44P2/c1-5-19-35(20-6-1)45(36-21-7-2-8-22-36)41-31-29-33-17-13-15-27-39(33)43(41)44-40-28-16-14-18-34(40)30-32-42(44)46(37-23-9-3-10-24-37)38-25-11-4-12-26-38/h1-2,5-8,13-22,27-32,37-38H,3-4,9-12,23-26H2. The summed E-state index contributed by atoms with van der Waals surface area (Å²) in [4.78, 5) is 0. The molecule has 0 heterocycles. The van der Waals surface area contributed by atoms with E-state index in [0.717, 1.165) is 11.3 Å². The third-order valence-electron chi connectivity index (χ3n) is 10.5. The molecule has 0 aliphatic heterocycles. The maximum absolute atomic E-state index is 2.62. The monoisotopic (exact) mass is 634 g/mol. The van der Waals surface area contributed by atoms with Crippen LogP contribution in [0.5, 0.6) is 0 Å². The molecule has 0 amide bonds. The SMILES string of the molecule is c1ccc(P(c2ccccc2)c2ccc3ccccc3c2-c2c(P(C3CCCCC3)C3CCCCC3)ccc3ccccc23)cc1. The molecule has 0 radical (unpaired) electrons. The minimum atomic E-state index is -0.772. The Hall–Kier alpha value is -3.30. The molecule has 2 aliphatic rings. The van der Waals surface area contributed by atoms with Gasteiger partial charge in [0, 0.05) is 0 Å². The average Bonchev–Trinajstić information content (AvgIpc) is 3.14. The van der Waals surface area contributed by atoms with Gasteiger partial charge in [-0.3, -0.25) is 0 Å². The summed E-state index contributed by atoms with van der Waals surface area (Å²) in [5.41, 5.74) is 4.72. The van der Waals surface area contributed by atoms with Crippen LogP contribution in [0.1, 0.15) is 64.2 Å². The largest absolute Gasteiger partial charge is 0.0683 e. The van der Waals surface area contributed by atoms with Crippen molar-refractivity contribution >= 4 is 58.6 Å². The van der Waals surface area contributed by atoms with E-state index in [1.54, 1.807) is 10.9 Å². The highest BCUT2D eigenvalue weighted by atomic mass is 31.1. The van der Waals surface area contributed by atoms with Gasteiger partial charge in [-0.25, -0.2) is 0 Å². The lowest BCUT2D eigenvalue weighted by atomic mass is 9.93. The summed E-state index contributed by atoms with van der Waals surface area (Å²) in [7, 11) is -1.07. The highest BCUT2D eigenvalue weighted by Gasteiger charge is 2.35. The first-order chi connectivity index (χ1) is 22.9. The van der Waals surface area contributed by atoms with Crippen LogP contribution in [0.2, 0.25) is 0 Å². The van der Waals surface area contributed by atoms with Crippen molar-refractivity contribution < 1.29 is 0 Å². The molecular formula is C44H44P2. The molecule has 230 valence electrons. The van der Waals surface area contributed by atoms with Crippen LogP contribution in [0.15, 0.2) is 133 Å². The number of benzene rings is 6. The predicted octanol–water partition coefficient (Wildman–Crippen LogP) is 11.2. The predicted molar refractivity (Wildman–Crippen MR) is 206 cm³/mol. The van der Waals surface area contributed by atoms with Gasteiger partial charge in [-0.1, -0.05) is 180 Å². The van der Waals surface area contributed by atoms with Gasteiger partial charge in [-0.05, 0) is 98.8 Å². The van der Waals surface area contributed by atoms with Crippen molar-refractivity contribution in [1.82, 2.24) is 0 Å². The van der Waals surface area contributed by atoms with Crippen LogP contribution in [0.25, 0.3) is 32.7 Å². The van der Waals surface area contributed by atoms with Gasteiger partial charge in [-0.2, -0.15) is 0 Å². The van der Waals surface area contributed by atoms with Crippen LogP contribution >= 0.6 is 15.8 Å². The molecule has 2 saturated carbocycles. The van der Waals surface area contributed by atoms with Crippen molar-refractivity contribution in [2.75, 3.05) is 0 Å². The van der Waals surface area contributed by atoms with Gasteiger partial charge in [0.1, 0.15) is 0 Å². The summed E-state index contributed by atoms with van der Waals surface area (Å²) in [5, 5.41) is 11.6. The van der Waals surface area contributed by atoms with E-state index in [0.29, 0.717) is 0 Å². The minimum Gasteiger partial charge on any atom is -0.0683 e.